The number of unbranched alkanes of at least 4 members (excludes halogenated alkanes) is 8. The molecule has 1 aromatic rings. The molecule has 0 radical (unpaired) electrons. The van der Waals surface area contributed by atoms with Crippen LogP contribution in [0.5, 0.6) is 0 Å². The summed E-state index contributed by atoms with van der Waals surface area (Å²) in [6, 6.07) is 0. The fraction of sp³-hybridized carbons (Fsp3) is 0.708. The summed E-state index contributed by atoms with van der Waals surface area (Å²) in [5.41, 5.74) is 7.67. The minimum atomic E-state index is -0.629. The molecule has 1 aliphatic rings. The number of carbonyl (C=O) groups is 1. The molecular formula is C24H37N5O5S. The Balaban J connectivity index is 1.43. The molecule has 0 aliphatic carbocycles. The number of thioether (sulfide) groups is 1. The van der Waals surface area contributed by atoms with E-state index in [1.165, 1.54) is 49.3 Å². The standard InChI is InChI=1S/C24H37N5O5S/c1-19-17-29(24(32)27-23(19)31)21-13-12-20(34-21)18-33-22(30)11-9-7-5-3-2-4-6-8-10-15-35-16-14-26-28-25/h12-13,17,20-21H,2-11,14-16,18H2,1H3,(H,27,31,32)/t20-,21+/m0/s1. The number of H-pyrrole nitrogens is 1. The van der Waals surface area contributed by atoms with E-state index in [9.17, 15) is 14.4 Å². The van der Waals surface area contributed by atoms with Gasteiger partial charge < -0.3 is 9.47 Å². The summed E-state index contributed by atoms with van der Waals surface area (Å²) in [4.78, 5) is 40.5. The van der Waals surface area contributed by atoms with Crippen LogP contribution in [0.4, 0.5) is 0 Å². The van der Waals surface area contributed by atoms with Gasteiger partial charge in [-0.2, -0.15) is 11.8 Å². The van der Waals surface area contributed by atoms with Gasteiger partial charge in [-0.05, 0) is 42.9 Å². The van der Waals surface area contributed by atoms with Crippen LogP contribution in [-0.2, 0) is 14.3 Å². The van der Waals surface area contributed by atoms with Crippen LogP contribution in [0.1, 0.15) is 76.0 Å². The van der Waals surface area contributed by atoms with Crippen LogP contribution >= 0.6 is 11.8 Å². The van der Waals surface area contributed by atoms with Crippen LogP contribution in [0.15, 0.2) is 33.1 Å². The van der Waals surface area contributed by atoms with E-state index in [-0.39, 0.29) is 12.6 Å². The number of carbonyl (C=O) groups excluding carboxylic acids is 1. The van der Waals surface area contributed by atoms with Gasteiger partial charge in [0.1, 0.15) is 12.7 Å². The van der Waals surface area contributed by atoms with Gasteiger partial charge in [-0.1, -0.05) is 56.1 Å². The lowest BCUT2D eigenvalue weighted by Gasteiger charge is -2.16. The van der Waals surface area contributed by atoms with Crippen LogP contribution in [0.25, 0.3) is 10.4 Å². The molecule has 0 unspecified atom stereocenters. The molecule has 1 N–H and O–H groups in total. The maximum absolute atomic E-state index is 12.0. The summed E-state index contributed by atoms with van der Waals surface area (Å²) < 4.78 is 12.4. The number of ether oxygens (including phenoxy) is 2. The minimum absolute atomic E-state index is 0.106. The normalized spacial score (nSPS) is 16.8. The second kappa shape index (κ2) is 17.0. The lowest BCUT2D eigenvalue weighted by Crippen LogP contribution is -2.33. The molecule has 1 aromatic heterocycles. The molecule has 0 amide bonds. The minimum Gasteiger partial charge on any atom is -0.463 e. The van der Waals surface area contributed by atoms with E-state index in [4.69, 9.17) is 15.0 Å². The van der Waals surface area contributed by atoms with Gasteiger partial charge in [0.15, 0.2) is 6.23 Å². The molecule has 2 atom stereocenters. The maximum Gasteiger partial charge on any atom is 0.330 e. The number of hydrogen-bond donors (Lipinski definition) is 1. The average molecular weight is 508 g/mol. The number of aryl methyl sites for hydroxylation is 1. The van der Waals surface area contributed by atoms with Gasteiger partial charge in [0.05, 0.1) is 0 Å². The Bertz CT molecular complexity index is 970. The van der Waals surface area contributed by atoms with Crippen molar-refractivity contribution in [3.05, 3.63) is 55.2 Å². The van der Waals surface area contributed by atoms with E-state index >= 15 is 0 Å². The highest BCUT2D eigenvalue weighted by molar-refractivity contribution is 7.99. The molecule has 194 valence electrons. The molecule has 0 aromatic carbocycles. The van der Waals surface area contributed by atoms with Gasteiger partial charge in [0, 0.05) is 29.6 Å². The first kappa shape index (κ1) is 28.7. The van der Waals surface area contributed by atoms with Gasteiger partial charge in [-0.3, -0.25) is 19.1 Å². The predicted molar refractivity (Wildman–Crippen MR) is 138 cm³/mol. The number of azide groups is 1. The van der Waals surface area contributed by atoms with Gasteiger partial charge in [-0.15, -0.1) is 0 Å². The zero-order valence-corrected chi connectivity index (χ0v) is 21.3. The summed E-state index contributed by atoms with van der Waals surface area (Å²) >= 11 is 1.85. The lowest BCUT2D eigenvalue weighted by molar-refractivity contribution is -0.147. The fourth-order valence-corrected chi connectivity index (χ4v) is 4.55. The van der Waals surface area contributed by atoms with Crippen LogP contribution < -0.4 is 11.2 Å². The number of aromatic nitrogens is 2. The SMILES string of the molecule is Cc1cn([C@H]2C=C[C@@H](COC(=O)CCCCCCCCCCCSCCN=[N+]=[N-])O2)c(=O)[nH]c1=O. The molecular weight excluding hydrogens is 470 g/mol. The predicted octanol–water partition coefficient (Wildman–Crippen LogP) is 4.79. The highest BCUT2D eigenvalue weighted by Crippen LogP contribution is 2.20. The van der Waals surface area contributed by atoms with E-state index in [2.05, 4.69) is 15.0 Å². The smallest absolute Gasteiger partial charge is 0.330 e. The molecule has 35 heavy (non-hydrogen) atoms. The molecule has 10 nitrogen and oxygen atoms in total. The van der Waals surface area contributed by atoms with Gasteiger partial charge in [-0.25, -0.2) is 4.79 Å². The Morgan fingerprint density at radius 2 is 1.80 bits per heavy atom. The third kappa shape index (κ3) is 11.7. The first-order valence-electron chi connectivity index (χ1n) is 12.4. The van der Waals surface area contributed by atoms with Gasteiger partial charge in [0.2, 0.25) is 0 Å². The Hall–Kier alpha value is -2.49. The monoisotopic (exact) mass is 507 g/mol. The average Bonchev–Trinajstić information content (AvgIpc) is 3.31. The molecule has 0 saturated heterocycles. The Morgan fingerprint density at radius 1 is 1.11 bits per heavy atom. The Labute approximate surface area is 210 Å². The molecule has 0 fully saturated rings. The van der Waals surface area contributed by atoms with Crippen molar-refractivity contribution in [1.29, 1.82) is 0 Å². The fourth-order valence-electron chi connectivity index (χ4n) is 3.73. The Kier molecular flexibility index (Phi) is 14.0. The van der Waals surface area contributed by atoms with E-state index in [1.807, 2.05) is 11.8 Å². The highest BCUT2D eigenvalue weighted by atomic mass is 32.2. The molecule has 0 bridgehead atoms. The van der Waals surface area contributed by atoms with Crippen LogP contribution in [0.2, 0.25) is 0 Å². The van der Waals surface area contributed by atoms with Crippen molar-refractivity contribution < 1.29 is 14.3 Å². The van der Waals surface area contributed by atoms with E-state index < -0.39 is 23.6 Å². The van der Waals surface area contributed by atoms with Crippen molar-refractivity contribution in [3.63, 3.8) is 0 Å². The van der Waals surface area contributed by atoms with Crippen molar-refractivity contribution in [2.24, 2.45) is 5.11 Å². The molecule has 11 heteroatoms. The summed E-state index contributed by atoms with van der Waals surface area (Å²) in [6.07, 6.45) is 14.7. The van der Waals surface area contributed by atoms with E-state index in [1.54, 1.807) is 19.1 Å². The van der Waals surface area contributed by atoms with Crippen molar-refractivity contribution in [3.8, 4) is 0 Å². The number of esters is 1. The summed E-state index contributed by atoms with van der Waals surface area (Å²) in [7, 11) is 0. The summed E-state index contributed by atoms with van der Waals surface area (Å²) in [5.74, 6) is 1.80. The topological polar surface area (TPSA) is 139 Å². The van der Waals surface area contributed by atoms with Crippen molar-refractivity contribution in [1.82, 2.24) is 9.55 Å². The zero-order chi connectivity index (χ0) is 25.3. The second-order valence-corrected chi connectivity index (χ2v) is 9.84. The van der Waals surface area contributed by atoms with Crippen LogP contribution in [0, 0.1) is 6.92 Å². The number of nitrogens with one attached hydrogen (secondary N) is 1. The van der Waals surface area contributed by atoms with Crippen LogP contribution in [0.3, 0.4) is 0 Å². The Morgan fingerprint density at radius 3 is 2.51 bits per heavy atom. The lowest BCUT2D eigenvalue weighted by atomic mass is 10.1. The molecule has 1 aliphatic heterocycles. The van der Waals surface area contributed by atoms with E-state index in [0.29, 0.717) is 18.5 Å². The van der Waals surface area contributed by atoms with Gasteiger partial charge >= 0.3 is 11.7 Å². The summed E-state index contributed by atoms with van der Waals surface area (Å²) in [6.45, 7) is 2.30. The van der Waals surface area contributed by atoms with Crippen molar-refractivity contribution in [2.75, 3.05) is 24.7 Å². The first-order valence-corrected chi connectivity index (χ1v) is 13.6. The summed E-state index contributed by atoms with van der Waals surface area (Å²) in [5, 5.41) is 3.52. The van der Waals surface area contributed by atoms with E-state index in [0.717, 1.165) is 30.8 Å². The second-order valence-electron chi connectivity index (χ2n) is 8.61. The molecule has 0 spiro atoms. The van der Waals surface area contributed by atoms with Crippen molar-refractivity contribution >= 4 is 17.7 Å². The quantitative estimate of drug-likeness (QED) is 0.0757. The number of aromatic amines is 1. The number of rotatable bonds is 18. The third-order valence-corrected chi connectivity index (χ3v) is 6.75. The molecule has 2 heterocycles. The van der Waals surface area contributed by atoms with Gasteiger partial charge in [0.25, 0.3) is 5.56 Å². The largest absolute Gasteiger partial charge is 0.463 e. The maximum atomic E-state index is 12.0. The number of hydrogen-bond acceptors (Lipinski definition) is 7. The van der Waals surface area contributed by atoms with Crippen LogP contribution in [-0.4, -0.2) is 46.3 Å². The highest BCUT2D eigenvalue weighted by Gasteiger charge is 2.23. The zero-order valence-electron chi connectivity index (χ0n) is 20.5. The third-order valence-electron chi connectivity index (χ3n) is 5.70. The molecule has 0 saturated carbocycles. The first-order chi connectivity index (χ1) is 17.0. The number of nitrogens with zero attached hydrogens (tertiary/aromatic N) is 4. The van der Waals surface area contributed by atoms with Crippen molar-refractivity contribution in [2.45, 2.75) is 83.5 Å². The molecule has 2 rings (SSSR count).